The Morgan fingerprint density at radius 1 is 1.00 bits per heavy atom. The van der Waals surface area contributed by atoms with Gasteiger partial charge in [-0.05, 0) is 12.0 Å². The Balaban J connectivity index is 2.07. The first-order chi connectivity index (χ1) is 20.6. The van der Waals surface area contributed by atoms with Crippen LogP contribution in [0.1, 0.15) is 30.0 Å². The van der Waals surface area contributed by atoms with Gasteiger partial charge in [-0.1, -0.05) is 30.2 Å². The number of nitrogens with zero attached hydrogens (tertiary/aromatic N) is 2. The van der Waals surface area contributed by atoms with E-state index in [1.165, 1.54) is 12.1 Å². The SMILES string of the molecule is C#CCNC(=O)C(NC(=O)CSCC(NC(=O)CCC(N)C(=O)O)C(=O)NCC(=O)O)c1ccc(C2(C(F)(F)F)N=N2)cc1. The van der Waals surface area contributed by atoms with E-state index in [0.29, 0.717) is 0 Å². The van der Waals surface area contributed by atoms with Crippen molar-refractivity contribution in [2.75, 3.05) is 24.6 Å². The molecule has 4 amide bonds. The van der Waals surface area contributed by atoms with E-state index in [4.69, 9.17) is 22.4 Å². The minimum Gasteiger partial charge on any atom is -0.480 e. The Kier molecular flexibility index (Phi) is 12.6. The number of thioether (sulfide) groups is 1. The molecule has 1 aromatic carbocycles. The molecule has 0 fully saturated rings. The van der Waals surface area contributed by atoms with E-state index in [1.807, 2.05) is 0 Å². The number of nitrogens with one attached hydrogen (secondary N) is 4. The Morgan fingerprint density at radius 3 is 2.16 bits per heavy atom. The van der Waals surface area contributed by atoms with Crippen LogP contribution in [-0.4, -0.2) is 88.6 Å². The molecule has 0 aromatic heterocycles. The van der Waals surface area contributed by atoms with Gasteiger partial charge in [-0.2, -0.15) is 13.2 Å². The van der Waals surface area contributed by atoms with Crippen LogP contribution < -0.4 is 27.0 Å². The van der Waals surface area contributed by atoms with Crippen LogP contribution in [0.2, 0.25) is 0 Å². The first kappa shape index (κ1) is 35.5. The van der Waals surface area contributed by atoms with Crippen LogP contribution in [0, 0.1) is 12.3 Å². The Labute approximate surface area is 252 Å². The third-order valence-electron chi connectivity index (χ3n) is 5.86. The molecule has 0 aliphatic carbocycles. The fraction of sp³-hybridized carbons (Fsp3) is 0.440. The normalized spacial score (nSPS) is 15.1. The number of carboxylic acid groups (broad SMARTS) is 2. The standard InChI is InChI=1S/C25H28F3N7O8S/c1-2-9-30-22(41)20(13-3-5-14(6-4-13)24(34-35-24)25(26,27)28)33-18(37)12-44-11-16(21(40)31-10-19(38)39)32-17(36)8-7-15(29)23(42)43/h1,3-6,15-16,20H,7-12,29H2,(H,30,41)(H,31,40)(H,32,36)(H,33,37)(H,38,39)(H,42,43). The fourth-order valence-corrected chi connectivity index (χ4v) is 4.37. The van der Waals surface area contributed by atoms with Crippen molar-refractivity contribution < 1.29 is 52.2 Å². The highest BCUT2D eigenvalue weighted by molar-refractivity contribution is 8.00. The lowest BCUT2D eigenvalue weighted by Gasteiger charge is -2.21. The number of halogens is 3. The number of carbonyl (C=O) groups excluding carboxylic acids is 4. The van der Waals surface area contributed by atoms with E-state index in [1.54, 1.807) is 0 Å². The summed E-state index contributed by atoms with van der Waals surface area (Å²) in [5.74, 6) is -4.31. The predicted octanol–water partition coefficient (Wildman–Crippen LogP) is -0.615. The first-order valence-electron chi connectivity index (χ1n) is 12.6. The van der Waals surface area contributed by atoms with Gasteiger partial charge in [-0.15, -0.1) is 28.4 Å². The number of carbonyl (C=O) groups is 6. The molecule has 0 radical (unpaired) electrons. The van der Waals surface area contributed by atoms with Gasteiger partial charge in [0.1, 0.15) is 24.7 Å². The fourth-order valence-electron chi connectivity index (χ4n) is 3.51. The number of rotatable bonds is 17. The molecule has 0 saturated heterocycles. The predicted molar refractivity (Wildman–Crippen MR) is 147 cm³/mol. The molecule has 19 heteroatoms. The second-order valence-electron chi connectivity index (χ2n) is 9.14. The van der Waals surface area contributed by atoms with Crippen molar-refractivity contribution in [1.82, 2.24) is 21.3 Å². The Bertz CT molecular complexity index is 1330. The van der Waals surface area contributed by atoms with Crippen LogP contribution >= 0.6 is 11.8 Å². The summed E-state index contributed by atoms with van der Waals surface area (Å²) in [4.78, 5) is 71.8. The molecule has 1 aromatic rings. The summed E-state index contributed by atoms with van der Waals surface area (Å²) < 4.78 is 40.0. The van der Waals surface area contributed by atoms with Gasteiger partial charge in [-0.25, -0.2) is 0 Å². The van der Waals surface area contributed by atoms with Crippen molar-refractivity contribution in [2.45, 2.75) is 42.8 Å². The zero-order valence-electron chi connectivity index (χ0n) is 22.7. The van der Waals surface area contributed by atoms with Crippen molar-refractivity contribution >= 4 is 47.3 Å². The zero-order valence-corrected chi connectivity index (χ0v) is 23.5. The molecular formula is C25H28F3N7O8S. The van der Waals surface area contributed by atoms with Gasteiger partial charge >= 0.3 is 23.8 Å². The lowest BCUT2D eigenvalue weighted by molar-refractivity contribution is -0.166. The third kappa shape index (κ3) is 10.2. The number of amides is 4. The third-order valence-corrected chi connectivity index (χ3v) is 6.89. The molecule has 3 atom stereocenters. The molecule has 1 aliphatic heterocycles. The summed E-state index contributed by atoms with van der Waals surface area (Å²) in [6, 6.07) is 0.470. The molecule has 8 N–H and O–H groups in total. The number of benzene rings is 1. The number of aliphatic carboxylic acids is 2. The summed E-state index contributed by atoms with van der Waals surface area (Å²) in [6.07, 6.45) is -0.213. The number of carboxylic acids is 2. The highest BCUT2D eigenvalue weighted by Crippen LogP contribution is 2.52. The maximum Gasteiger partial charge on any atom is 0.442 e. The van der Waals surface area contributed by atoms with E-state index < -0.39 is 72.1 Å². The average Bonchev–Trinajstić information content (AvgIpc) is 3.78. The number of hydrogen-bond donors (Lipinski definition) is 7. The summed E-state index contributed by atoms with van der Waals surface area (Å²) >= 11 is 0.819. The van der Waals surface area contributed by atoms with Crippen LogP contribution in [0.25, 0.3) is 0 Å². The van der Waals surface area contributed by atoms with Crippen LogP contribution in [0.4, 0.5) is 13.2 Å². The summed E-state index contributed by atoms with van der Waals surface area (Å²) in [5.41, 5.74) is 2.49. The van der Waals surface area contributed by atoms with Crippen molar-refractivity contribution in [1.29, 1.82) is 0 Å². The van der Waals surface area contributed by atoms with Crippen LogP contribution in [0.3, 0.4) is 0 Å². The van der Waals surface area contributed by atoms with Gasteiger partial charge in [0.05, 0.1) is 12.3 Å². The van der Waals surface area contributed by atoms with Gasteiger partial charge in [-0.3, -0.25) is 28.8 Å². The van der Waals surface area contributed by atoms with E-state index in [9.17, 15) is 41.9 Å². The molecule has 238 valence electrons. The van der Waals surface area contributed by atoms with Gasteiger partial charge in [0.25, 0.3) is 0 Å². The number of hydrogen-bond acceptors (Lipinski definition) is 10. The average molecular weight is 644 g/mol. The lowest BCUT2D eigenvalue weighted by Crippen LogP contribution is -2.49. The van der Waals surface area contributed by atoms with Gasteiger partial charge in [0.15, 0.2) is 0 Å². The lowest BCUT2D eigenvalue weighted by atomic mass is 9.98. The maximum absolute atomic E-state index is 13.3. The molecule has 44 heavy (non-hydrogen) atoms. The van der Waals surface area contributed by atoms with Gasteiger partial charge in [0.2, 0.25) is 23.6 Å². The highest BCUT2D eigenvalue weighted by atomic mass is 32.2. The summed E-state index contributed by atoms with van der Waals surface area (Å²) in [5, 5.41) is 33.1. The van der Waals surface area contributed by atoms with E-state index in [-0.39, 0.29) is 42.0 Å². The summed E-state index contributed by atoms with van der Waals surface area (Å²) in [6.45, 7) is -0.975. The topological polar surface area (TPSA) is 242 Å². The zero-order chi connectivity index (χ0) is 33.1. The van der Waals surface area contributed by atoms with Crippen molar-refractivity contribution in [3.05, 3.63) is 35.4 Å². The van der Waals surface area contributed by atoms with Crippen molar-refractivity contribution in [3.63, 3.8) is 0 Å². The smallest absolute Gasteiger partial charge is 0.442 e. The first-order valence-corrected chi connectivity index (χ1v) is 13.7. The van der Waals surface area contributed by atoms with Gasteiger partial charge in [0, 0.05) is 17.7 Å². The molecule has 3 unspecified atom stereocenters. The van der Waals surface area contributed by atoms with Crippen LogP contribution in [0.15, 0.2) is 34.5 Å². The van der Waals surface area contributed by atoms with Crippen LogP contribution in [0.5, 0.6) is 0 Å². The van der Waals surface area contributed by atoms with E-state index in [2.05, 4.69) is 37.4 Å². The molecule has 1 heterocycles. The monoisotopic (exact) mass is 643 g/mol. The highest BCUT2D eigenvalue weighted by Gasteiger charge is 2.65. The minimum absolute atomic E-state index is 0.109. The van der Waals surface area contributed by atoms with Gasteiger partial charge < -0.3 is 37.2 Å². The second kappa shape index (κ2) is 15.7. The number of nitrogens with two attached hydrogens (primary N) is 1. The Morgan fingerprint density at radius 2 is 1.64 bits per heavy atom. The molecular weight excluding hydrogens is 615 g/mol. The molecule has 2 rings (SSSR count). The number of terminal acetylenes is 1. The number of alkyl halides is 3. The van der Waals surface area contributed by atoms with E-state index >= 15 is 0 Å². The maximum atomic E-state index is 13.3. The van der Waals surface area contributed by atoms with Crippen LogP contribution in [-0.2, 0) is 34.4 Å². The second-order valence-corrected chi connectivity index (χ2v) is 10.2. The minimum atomic E-state index is -4.77. The van der Waals surface area contributed by atoms with Crippen molar-refractivity contribution in [3.8, 4) is 12.3 Å². The Hall–Kier alpha value is -4.70. The molecule has 0 bridgehead atoms. The van der Waals surface area contributed by atoms with Crippen molar-refractivity contribution in [2.24, 2.45) is 16.0 Å². The molecule has 0 saturated carbocycles. The van der Waals surface area contributed by atoms with E-state index in [0.717, 1.165) is 23.9 Å². The molecule has 1 aliphatic rings. The largest absolute Gasteiger partial charge is 0.480 e. The quantitative estimate of drug-likeness (QED) is 0.106. The molecule has 0 spiro atoms. The summed E-state index contributed by atoms with van der Waals surface area (Å²) in [7, 11) is 0. The molecule has 15 nitrogen and oxygen atoms in total.